The molecule has 1 fully saturated rings. The first-order chi connectivity index (χ1) is 13.1. The maximum atomic E-state index is 13.1. The number of thiazole rings is 1. The molecule has 1 saturated heterocycles. The van der Waals surface area contributed by atoms with Crippen LogP contribution in [0.15, 0.2) is 48.5 Å². The van der Waals surface area contributed by atoms with Crippen molar-refractivity contribution in [3.8, 4) is 0 Å². The van der Waals surface area contributed by atoms with Gasteiger partial charge in [0.2, 0.25) is 5.91 Å². The van der Waals surface area contributed by atoms with Crippen molar-refractivity contribution in [1.29, 1.82) is 0 Å². The molecule has 0 aliphatic carbocycles. The lowest BCUT2D eigenvalue weighted by atomic mass is 10.1. The molecule has 5 nitrogen and oxygen atoms in total. The van der Waals surface area contributed by atoms with E-state index in [0.29, 0.717) is 12.1 Å². The molecule has 2 aromatic carbocycles. The average Bonchev–Trinajstić information content (AvgIpc) is 3.32. The van der Waals surface area contributed by atoms with Crippen LogP contribution in [0.2, 0.25) is 0 Å². The van der Waals surface area contributed by atoms with Gasteiger partial charge in [-0.1, -0.05) is 24.3 Å². The molecule has 2 heterocycles. The fourth-order valence-electron chi connectivity index (χ4n) is 3.46. The maximum absolute atomic E-state index is 13.1. The number of para-hydroxylation sites is 1. The van der Waals surface area contributed by atoms with Crippen molar-refractivity contribution in [2.45, 2.75) is 32.4 Å². The van der Waals surface area contributed by atoms with Crippen LogP contribution in [-0.2, 0) is 11.3 Å². The highest BCUT2D eigenvalue weighted by molar-refractivity contribution is 7.18. The van der Waals surface area contributed by atoms with Crippen molar-refractivity contribution >= 4 is 33.4 Å². The van der Waals surface area contributed by atoms with Gasteiger partial charge in [0.15, 0.2) is 0 Å². The SMILES string of the molecule is CC(=O)NCc1ccc(C(=O)N2CCCC2c2nc3ccccc3s2)cc1. The second kappa shape index (κ2) is 7.48. The Kier molecular flexibility index (Phi) is 4.90. The van der Waals surface area contributed by atoms with Gasteiger partial charge in [0.1, 0.15) is 5.01 Å². The number of benzene rings is 2. The fraction of sp³-hybridized carbons (Fsp3) is 0.286. The zero-order valence-electron chi connectivity index (χ0n) is 15.1. The number of hydrogen-bond acceptors (Lipinski definition) is 4. The molecule has 1 aliphatic heterocycles. The van der Waals surface area contributed by atoms with Crippen molar-refractivity contribution in [2.24, 2.45) is 0 Å². The minimum absolute atomic E-state index is 0.0443. The minimum atomic E-state index is -0.0640. The normalized spacial score (nSPS) is 16.6. The smallest absolute Gasteiger partial charge is 0.254 e. The van der Waals surface area contributed by atoms with Crippen LogP contribution in [0.4, 0.5) is 0 Å². The summed E-state index contributed by atoms with van der Waals surface area (Å²) < 4.78 is 1.16. The first-order valence-electron chi connectivity index (χ1n) is 9.11. The average molecular weight is 379 g/mol. The van der Waals surface area contributed by atoms with Gasteiger partial charge >= 0.3 is 0 Å². The maximum Gasteiger partial charge on any atom is 0.254 e. The van der Waals surface area contributed by atoms with Crippen molar-refractivity contribution in [3.63, 3.8) is 0 Å². The molecule has 0 radical (unpaired) electrons. The Hall–Kier alpha value is -2.73. The van der Waals surface area contributed by atoms with Crippen LogP contribution in [-0.4, -0.2) is 28.2 Å². The number of fused-ring (bicyclic) bond motifs is 1. The molecule has 2 amide bonds. The summed E-state index contributed by atoms with van der Waals surface area (Å²) in [4.78, 5) is 30.8. The highest BCUT2D eigenvalue weighted by Gasteiger charge is 2.32. The van der Waals surface area contributed by atoms with Crippen LogP contribution in [0.3, 0.4) is 0 Å². The van der Waals surface area contributed by atoms with Gasteiger partial charge in [0.05, 0.1) is 16.3 Å². The fourth-order valence-corrected chi connectivity index (χ4v) is 4.57. The lowest BCUT2D eigenvalue weighted by Crippen LogP contribution is -2.30. The van der Waals surface area contributed by atoms with E-state index >= 15 is 0 Å². The van der Waals surface area contributed by atoms with Crippen molar-refractivity contribution in [2.75, 3.05) is 6.54 Å². The first kappa shape index (κ1) is 17.7. The second-order valence-corrected chi connectivity index (χ2v) is 7.85. The molecule has 4 rings (SSSR count). The van der Waals surface area contributed by atoms with Crippen LogP contribution >= 0.6 is 11.3 Å². The van der Waals surface area contributed by atoms with Crippen molar-refractivity contribution in [1.82, 2.24) is 15.2 Å². The van der Waals surface area contributed by atoms with Gasteiger partial charge in [0, 0.05) is 25.6 Å². The van der Waals surface area contributed by atoms with Gasteiger partial charge < -0.3 is 10.2 Å². The van der Waals surface area contributed by atoms with Gasteiger partial charge in [-0.05, 0) is 42.7 Å². The molecule has 1 unspecified atom stereocenters. The van der Waals surface area contributed by atoms with E-state index in [0.717, 1.165) is 40.2 Å². The number of rotatable bonds is 4. The number of hydrogen-bond donors (Lipinski definition) is 1. The van der Waals surface area contributed by atoms with Gasteiger partial charge in [-0.2, -0.15) is 0 Å². The minimum Gasteiger partial charge on any atom is -0.352 e. The summed E-state index contributed by atoms with van der Waals surface area (Å²) in [5, 5.41) is 3.78. The monoisotopic (exact) mass is 379 g/mol. The number of amides is 2. The molecule has 6 heteroatoms. The Morgan fingerprint density at radius 1 is 1.19 bits per heavy atom. The summed E-state index contributed by atoms with van der Waals surface area (Å²) in [5.74, 6) is -0.0197. The van der Waals surface area contributed by atoms with Gasteiger partial charge in [0.25, 0.3) is 5.91 Å². The molecule has 3 aromatic rings. The van der Waals surface area contributed by atoms with Crippen molar-refractivity contribution in [3.05, 3.63) is 64.7 Å². The summed E-state index contributed by atoms with van der Waals surface area (Å²) in [7, 11) is 0. The molecule has 1 N–H and O–H groups in total. The Labute approximate surface area is 162 Å². The molecule has 0 bridgehead atoms. The van der Waals surface area contributed by atoms with Crippen LogP contribution in [0.1, 0.15) is 46.7 Å². The summed E-state index contributed by atoms with van der Waals surface area (Å²) in [6.07, 6.45) is 1.94. The zero-order valence-corrected chi connectivity index (χ0v) is 16.0. The van der Waals surface area contributed by atoms with Crippen LogP contribution < -0.4 is 5.32 Å². The van der Waals surface area contributed by atoms with Crippen molar-refractivity contribution < 1.29 is 9.59 Å². The third-order valence-electron chi connectivity index (χ3n) is 4.85. The van der Waals surface area contributed by atoms with E-state index in [9.17, 15) is 9.59 Å². The molecule has 1 aromatic heterocycles. The van der Waals surface area contributed by atoms with Gasteiger partial charge in [-0.25, -0.2) is 4.98 Å². The third-order valence-corrected chi connectivity index (χ3v) is 5.99. The van der Waals surface area contributed by atoms with E-state index in [1.165, 1.54) is 6.92 Å². The molecule has 1 aliphatic rings. The van der Waals surface area contributed by atoms with E-state index in [1.807, 2.05) is 47.4 Å². The van der Waals surface area contributed by atoms with Crippen LogP contribution in [0.25, 0.3) is 10.2 Å². The van der Waals surface area contributed by atoms with E-state index in [1.54, 1.807) is 11.3 Å². The molecule has 138 valence electrons. The molecular formula is C21H21N3O2S. The molecule has 27 heavy (non-hydrogen) atoms. The third kappa shape index (κ3) is 3.71. The summed E-state index contributed by atoms with van der Waals surface area (Å²) in [5.41, 5.74) is 2.65. The summed E-state index contributed by atoms with van der Waals surface area (Å²) in [6, 6.07) is 15.6. The number of carbonyl (C=O) groups excluding carboxylic acids is 2. The number of nitrogens with zero attached hydrogens (tertiary/aromatic N) is 2. The first-order valence-corrected chi connectivity index (χ1v) is 9.93. The predicted octanol–water partition coefficient (Wildman–Crippen LogP) is 3.91. The zero-order chi connectivity index (χ0) is 18.8. The van der Waals surface area contributed by atoms with Crippen LogP contribution in [0, 0.1) is 0 Å². The largest absolute Gasteiger partial charge is 0.352 e. The lowest BCUT2D eigenvalue weighted by molar-refractivity contribution is -0.119. The summed E-state index contributed by atoms with van der Waals surface area (Å²) in [6.45, 7) is 2.72. The number of carbonyl (C=O) groups is 2. The Morgan fingerprint density at radius 2 is 1.96 bits per heavy atom. The standard InChI is InChI=1S/C21H21N3O2S/c1-14(25)22-13-15-8-10-16(11-9-15)21(26)24-12-4-6-18(24)20-23-17-5-2-3-7-19(17)27-20/h2-3,5,7-11,18H,4,6,12-13H2,1H3,(H,22,25). The number of likely N-dealkylation sites (tertiary alicyclic amines) is 1. The van der Waals surface area contributed by atoms with Gasteiger partial charge in [-0.15, -0.1) is 11.3 Å². The van der Waals surface area contributed by atoms with E-state index < -0.39 is 0 Å². The second-order valence-electron chi connectivity index (χ2n) is 6.78. The lowest BCUT2D eigenvalue weighted by Gasteiger charge is -2.23. The molecule has 0 spiro atoms. The predicted molar refractivity (Wildman–Crippen MR) is 107 cm³/mol. The van der Waals surface area contributed by atoms with E-state index in [2.05, 4.69) is 11.4 Å². The molecule has 1 atom stereocenters. The van der Waals surface area contributed by atoms with E-state index in [4.69, 9.17) is 4.98 Å². The highest BCUT2D eigenvalue weighted by Crippen LogP contribution is 2.37. The molecular weight excluding hydrogens is 358 g/mol. The number of nitrogens with one attached hydrogen (secondary N) is 1. The Morgan fingerprint density at radius 3 is 2.70 bits per heavy atom. The highest BCUT2D eigenvalue weighted by atomic mass is 32.1. The van der Waals surface area contributed by atoms with Gasteiger partial charge in [-0.3, -0.25) is 9.59 Å². The molecule has 0 saturated carbocycles. The Balaban J connectivity index is 1.52. The van der Waals surface area contributed by atoms with Crippen LogP contribution in [0.5, 0.6) is 0 Å². The summed E-state index contributed by atoms with van der Waals surface area (Å²) >= 11 is 1.68. The quantitative estimate of drug-likeness (QED) is 0.748. The number of aromatic nitrogens is 1. The topological polar surface area (TPSA) is 62.3 Å². The van der Waals surface area contributed by atoms with E-state index in [-0.39, 0.29) is 17.9 Å². The Bertz CT molecular complexity index is 948.